The molecule has 8 heteroatoms. The number of thioether (sulfide) groups is 1. The van der Waals surface area contributed by atoms with Gasteiger partial charge in [0.05, 0.1) is 5.69 Å². The summed E-state index contributed by atoms with van der Waals surface area (Å²) >= 11 is 3.36. The molecule has 3 rings (SSSR count). The maximum atomic E-state index is 4.62. The first kappa shape index (κ1) is 16.6. The van der Waals surface area contributed by atoms with Crippen LogP contribution in [0, 0.1) is 13.8 Å². The summed E-state index contributed by atoms with van der Waals surface area (Å²) in [7, 11) is 0. The van der Waals surface area contributed by atoms with Crippen molar-refractivity contribution in [1.82, 2.24) is 25.5 Å². The summed E-state index contributed by atoms with van der Waals surface area (Å²) in [5.41, 5.74) is 1.15. The average Bonchev–Trinajstić information content (AvgIpc) is 2.97. The summed E-state index contributed by atoms with van der Waals surface area (Å²) in [6, 6.07) is 2.10. The van der Waals surface area contributed by atoms with E-state index in [2.05, 4.69) is 36.9 Å². The van der Waals surface area contributed by atoms with Gasteiger partial charge in [0.1, 0.15) is 16.6 Å². The van der Waals surface area contributed by atoms with Crippen molar-refractivity contribution in [2.75, 3.05) is 30.7 Å². The minimum absolute atomic E-state index is 0.504. The van der Waals surface area contributed by atoms with Crippen LogP contribution in [0.4, 0.5) is 5.82 Å². The predicted molar refractivity (Wildman–Crippen MR) is 95.5 cm³/mol. The van der Waals surface area contributed by atoms with Gasteiger partial charge in [0.25, 0.3) is 0 Å². The Bertz CT molecular complexity index is 639. The lowest BCUT2D eigenvalue weighted by Gasteiger charge is -2.22. The van der Waals surface area contributed by atoms with Gasteiger partial charge in [0.15, 0.2) is 4.34 Å². The molecule has 0 spiro atoms. The summed E-state index contributed by atoms with van der Waals surface area (Å²) in [4.78, 5) is 9.12. The van der Waals surface area contributed by atoms with Crippen molar-refractivity contribution in [2.24, 2.45) is 0 Å². The summed E-state index contributed by atoms with van der Waals surface area (Å²) in [6.45, 7) is 6.92. The maximum Gasteiger partial charge on any atom is 0.174 e. The quantitative estimate of drug-likeness (QED) is 0.612. The van der Waals surface area contributed by atoms with Crippen molar-refractivity contribution in [3.05, 3.63) is 22.6 Å². The van der Waals surface area contributed by atoms with Crippen LogP contribution < -0.4 is 10.6 Å². The van der Waals surface area contributed by atoms with Crippen LogP contribution in [0.3, 0.4) is 0 Å². The van der Waals surface area contributed by atoms with Crippen LogP contribution >= 0.6 is 23.1 Å². The molecule has 124 valence electrons. The Balaban J connectivity index is 1.53. The van der Waals surface area contributed by atoms with E-state index in [1.807, 2.05) is 13.8 Å². The Morgan fingerprint density at radius 2 is 2.26 bits per heavy atom. The summed E-state index contributed by atoms with van der Waals surface area (Å²) < 4.78 is 1.03. The zero-order valence-electron chi connectivity index (χ0n) is 13.5. The molecule has 1 aliphatic rings. The Hall–Kier alpha value is -1.25. The molecule has 0 aliphatic carbocycles. The number of nitrogens with one attached hydrogen (secondary N) is 2. The molecule has 0 saturated carbocycles. The number of aryl methyl sites for hydroxylation is 2. The molecule has 2 aromatic heterocycles. The minimum atomic E-state index is 0.504. The molecule has 1 saturated heterocycles. The maximum absolute atomic E-state index is 4.62. The van der Waals surface area contributed by atoms with Crippen LogP contribution in [-0.2, 0) is 0 Å². The van der Waals surface area contributed by atoms with E-state index in [0.29, 0.717) is 5.92 Å². The van der Waals surface area contributed by atoms with Crippen LogP contribution in [0.25, 0.3) is 0 Å². The molecule has 0 aromatic carbocycles. The first-order valence-corrected chi connectivity index (χ1v) is 9.74. The minimum Gasteiger partial charge on any atom is -0.369 e. The molecule has 6 nitrogen and oxygen atoms in total. The molecule has 2 N–H and O–H groups in total. The highest BCUT2D eigenvalue weighted by molar-refractivity contribution is 8.01. The van der Waals surface area contributed by atoms with Crippen molar-refractivity contribution in [1.29, 1.82) is 0 Å². The van der Waals surface area contributed by atoms with Gasteiger partial charge in [0, 0.05) is 30.8 Å². The third-order valence-corrected chi connectivity index (χ3v) is 5.69. The molecule has 3 heterocycles. The number of nitrogens with zero attached hydrogens (tertiary/aromatic N) is 4. The van der Waals surface area contributed by atoms with Gasteiger partial charge in [-0.25, -0.2) is 9.97 Å². The van der Waals surface area contributed by atoms with E-state index in [-0.39, 0.29) is 0 Å². The number of hydrogen-bond acceptors (Lipinski definition) is 8. The standard InChI is InChI=1S/C15H22N6S2/c1-10-18-13(12-4-3-5-16-9-12)8-14(19-10)17-6-7-22-15-21-20-11(2)23-15/h8,12,16H,3-7,9H2,1-2H3,(H,17,18,19)/t12-/m0/s1. The van der Waals surface area contributed by atoms with Gasteiger partial charge in [0.2, 0.25) is 0 Å². The third-order valence-electron chi connectivity index (χ3n) is 3.71. The molecule has 23 heavy (non-hydrogen) atoms. The normalized spacial score (nSPS) is 18.1. The molecule has 2 aromatic rings. The van der Waals surface area contributed by atoms with Crippen molar-refractivity contribution in [3.8, 4) is 0 Å². The first-order chi connectivity index (χ1) is 11.2. The highest BCUT2D eigenvalue weighted by Crippen LogP contribution is 2.24. The van der Waals surface area contributed by atoms with Crippen LogP contribution in [0.2, 0.25) is 0 Å². The van der Waals surface area contributed by atoms with Crippen molar-refractivity contribution in [3.63, 3.8) is 0 Å². The van der Waals surface area contributed by atoms with Gasteiger partial charge in [-0.3, -0.25) is 0 Å². The monoisotopic (exact) mass is 350 g/mol. The molecule has 1 fully saturated rings. The zero-order chi connectivity index (χ0) is 16.1. The summed E-state index contributed by atoms with van der Waals surface area (Å²) in [6.07, 6.45) is 2.42. The molecule has 0 bridgehead atoms. The highest BCUT2D eigenvalue weighted by atomic mass is 32.2. The lowest BCUT2D eigenvalue weighted by molar-refractivity contribution is 0.453. The predicted octanol–water partition coefficient (Wildman–Crippen LogP) is 2.62. The lowest BCUT2D eigenvalue weighted by atomic mass is 9.96. The summed E-state index contributed by atoms with van der Waals surface area (Å²) in [5, 5.41) is 16.0. The molecular weight excluding hydrogens is 328 g/mol. The van der Waals surface area contributed by atoms with Crippen molar-refractivity contribution >= 4 is 28.9 Å². The van der Waals surface area contributed by atoms with Gasteiger partial charge >= 0.3 is 0 Å². The molecule has 0 unspecified atom stereocenters. The van der Waals surface area contributed by atoms with Gasteiger partial charge in [-0.2, -0.15) is 0 Å². The Morgan fingerprint density at radius 1 is 1.35 bits per heavy atom. The SMILES string of the molecule is Cc1nc(NCCSc2nnc(C)s2)cc([C@H]2CCCNC2)n1. The lowest BCUT2D eigenvalue weighted by Crippen LogP contribution is -2.29. The fourth-order valence-electron chi connectivity index (χ4n) is 2.65. The van der Waals surface area contributed by atoms with Crippen LogP contribution in [0.5, 0.6) is 0 Å². The van der Waals surface area contributed by atoms with E-state index in [0.717, 1.165) is 52.1 Å². The van der Waals surface area contributed by atoms with Gasteiger partial charge in [-0.05, 0) is 33.2 Å². The number of aromatic nitrogens is 4. The molecule has 0 radical (unpaired) electrons. The first-order valence-electron chi connectivity index (χ1n) is 7.94. The molecule has 1 atom stereocenters. The second-order valence-corrected chi connectivity index (χ2v) is 8.15. The molecule has 1 aliphatic heterocycles. The number of piperidine rings is 1. The highest BCUT2D eigenvalue weighted by Gasteiger charge is 2.17. The zero-order valence-corrected chi connectivity index (χ0v) is 15.1. The van der Waals surface area contributed by atoms with Gasteiger partial charge in [-0.15, -0.1) is 10.2 Å². The Morgan fingerprint density at radius 3 is 3.00 bits per heavy atom. The topological polar surface area (TPSA) is 75.6 Å². The van der Waals surface area contributed by atoms with E-state index < -0.39 is 0 Å². The fraction of sp³-hybridized carbons (Fsp3) is 0.600. The van der Waals surface area contributed by atoms with E-state index in [1.54, 1.807) is 23.1 Å². The number of anilines is 1. The van der Waals surface area contributed by atoms with Crippen LogP contribution in [0.15, 0.2) is 10.4 Å². The molecule has 0 amide bonds. The van der Waals surface area contributed by atoms with Gasteiger partial charge in [-0.1, -0.05) is 23.1 Å². The summed E-state index contributed by atoms with van der Waals surface area (Å²) in [5.74, 6) is 3.21. The largest absolute Gasteiger partial charge is 0.369 e. The van der Waals surface area contributed by atoms with E-state index >= 15 is 0 Å². The number of rotatable bonds is 6. The third kappa shape index (κ3) is 4.86. The second kappa shape index (κ2) is 8.03. The average molecular weight is 351 g/mol. The van der Waals surface area contributed by atoms with E-state index in [1.165, 1.54) is 12.8 Å². The Labute approximate surface area is 144 Å². The van der Waals surface area contributed by atoms with Crippen LogP contribution in [0.1, 0.15) is 35.3 Å². The van der Waals surface area contributed by atoms with E-state index in [9.17, 15) is 0 Å². The van der Waals surface area contributed by atoms with E-state index in [4.69, 9.17) is 0 Å². The van der Waals surface area contributed by atoms with Crippen molar-refractivity contribution in [2.45, 2.75) is 36.9 Å². The van der Waals surface area contributed by atoms with Crippen molar-refractivity contribution < 1.29 is 0 Å². The Kier molecular flexibility index (Phi) is 5.80. The fourth-order valence-corrected chi connectivity index (χ4v) is 4.39. The smallest absolute Gasteiger partial charge is 0.174 e. The van der Waals surface area contributed by atoms with Gasteiger partial charge < -0.3 is 10.6 Å². The second-order valence-electron chi connectivity index (χ2n) is 5.63. The van der Waals surface area contributed by atoms with Crippen LogP contribution in [-0.4, -0.2) is 45.6 Å². The number of hydrogen-bond donors (Lipinski definition) is 2. The molecular formula is C15H22N6S2.